The molecule has 5 heteroatoms. The number of amides is 1. The Balaban J connectivity index is 1.81. The highest BCUT2D eigenvalue weighted by atomic mass is 35.5. The summed E-state index contributed by atoms with van der Waals surface area (Å²) >= 11 is 7.27. The summed E-state index contributed by atoms with van der Waals surface area (Å²) in [7, 11) is 0. The summed E-state index contributed by atoms with van der Waals surface area (Å²) in [5.41, 5.74) is 0. The first kappa shape index (κ1) is 11.9. The fourth-order valence-electron chi connectivity index (χ4n) is 1.85. The van der Waals surface area contributed by atoms with E-state index < -0.39 is 0 Å². The minimum atomic E-state index is -0.0626. The number of carbonyl (C=O) groups is 1. The molecule has 0 bridgehead atoms. The van der Waals surface area contributed by atoms with Crippen molar-refractivity contribution in [2.24, 2.45) is 0 Å². The molecule has 0 saturated carbocycles. The van der Waals surface area contributed by atoms with E-state index in [4.69, 9.17) is 11.6 Å². The molecule has 0 spiro atoms. The van der Waals surface area contributed by atoms with E-state index in [0.717, 1.165) is 13.0 Å². The van der Waals surface area contributed by atoms with Gasteiger partial charge in [-0.3, -0.25) is 4.79 Å². The number of rotatable bonds is 3. The number of halogens is 1. The first-order chi connectivity index (χ1) is 7.77. The Morgan fingerprint density at radius 1 is 1.62 bits per heavy atom. The molecular weight excluding hydrogens is 244 g/mol. The normalized spacial score (nSPS) is 20.7. The standard InChI is InChI=1S/C11H15ClN2OS/c12-9-4-6-16-10(9)11(15)14-7-8-3-1-2-5-13-8/h4,6,8,13H,1-3,5,7H2,(H,14,15). The van der Waals surface area contributed by atoms with Crippen LogP contribution in [0, 0.1) is 0 Å². The fourth-order valence-corrected chi connectivity index (χ4v) is 2.91. The highest BCUT2D eigenvalue weighted by Gasteiger charge is 2.16. The number of carbonyl (C=O) groups excluding carboxylic acids is 1. The number of nitrogens with one attached hydrogen (secondary N) is 2. The molecule has 1 saturated heterocycles. The van der Waals surface area contributed by atoms with Crippen molar-refractivity contribution in [2.45, 2.75) is 25.3 Å². The number of hydrogen-bond donors (Lipinski definition) is 2. The maximum absolute atomic E-state index is 11.8. The summed E-state index contributed by atoms with van der Waals surface area (Å²) in [6, 6.07) is 2.16. The number of hydrogen-bond acceptors (Lipinski definition) is 3. The van der Waals surface area contributed by atoms with Gasteiger partial charge in [0.15, 0.2) is 0 Å². The Morgan fingerprint density at radius 2 is 2.50 bits per heavy atom. The van der Waals surface area contributed by atoms with Gasteiger partial charge in [0.25, 0.3) is 5.91 Å². The third kappa shape index (κ3) is 2.97. The average molecular weight is 259 g/mol. The molecule has 16 heavy (non-hydrogen) atoms. The minimum Gasteiger partial charge on any atom is -0.350 e. The lowest BCUT2D eigenvalue weighted by Crippen LogP contribution is -2.43. The van der Waals surface area contributed by atoms with Crippen LogP contribution in [0.3, 0.4) is 0 Å². The van der Waals surface area contributed by atoms with Crippen molar-refractivity contribution in [1.29, 1.82) is 0 Å². The van der Waals surface area contributed by atoms with Crippen LogP contribution in [0.25, 0.3) is 0 Å². The minimum absolute atomic E-state index is 0.0626. The van der Waals surface area contributed by atoms with Crippen LogP contribution in [0.1, 0.15) is 28.9 Å². The molecule has 1 unspecified atom stereocenters. The van der Waals surface area contributed by atoms with Gasteiger partial charge in [0, 0.05) is 12.6 Å². The van der Waals surface area contributed by atoms with Crippen LogP contribution in [0.5, 0.6) is 0 Å². The molecule has 1 fully saturated rings. The SMILES string of the molecule is O=C(NCC1CCCCN1)c1sccc1Cl. The zero-order chi connectivity index (χ0) is 11.4. The molecule has 1 atom stereocenters. The van der Waals surface area contributed by atoms with E-state index in [0.29, 0.717) is 22.5 Å². The van der Waals surface area contributed by atoms with Crippen molar-refractivity contribution in [3.63, 3.8) is 0 Å². The molecular formula is C11H15ClN2OS. The van der Waals surface area contributed by atoms with Crippen molar-refractivity contribution in [3.8, 4) is 0 Å². The molecule has 2 heterocycles. The summed E-state index contributed by atoms with van der Waals surface area (Å²) in [4.78, 5) is 12.4. The second-order valence-corrected chi connectivity index (χ2v) is 5.28. The Labute approximate surface area is 104 Å². The van der Waals surface area contributed by atoms with Crippen molar-refractivity contribution < 1.29 is 4.79 Å². The van der Waals surface area contributed by atoms with Crippen LogP contribution >= 0.6 is 22.9 Å². The third-order valence-electron chi connectivity index (χ3n) is 2.74. The molecule has 2 rings (SSSR count). The summed E-state index contributed by atoms with van der Waals surface area (Å²) in [6.45, 7) is 1.74. The lowest BCUT2D eigenvalue weighted by Gasteiger charge is -2.23. The van der Waals surface area contributed by atoms with Gasteiger partial charge < -0.3 is 10.6 Å². The van der Waals surface area contributed by atoms with Gasteiger partial charge in [-0.1, -0.05) is 18.0 Å². The number of thiophene rings is 1. The predicted octanol–water partition coefficient (Wildman–Crippen LogP) is 2.27. The third-order valence-corrected chi connectivity index (χ3v) is 4.09. The maximum atomic E-state index is 11.8. The van der Waals surface area contributed by atoms with Gasteiger partial charge in [0.05, 0.1) is 5.02 Å². The topological polar surface area (TPSA) is 41.1 Å². The van der Waals surface area contributed by atoms with Gasteiger partial charge in [-0.15, -0.1) is 11.3 Å². The van der Waals surface area contributed by atoms with Crippen molar-refractivity contribution in [1.82, 2.24) is 10.6 Å². The Morgan fingerprint density at radius 3 is 3.12 bits per heavy atom. The van der Waals surface area contributed by atoms with Crippen molar-refractivity contribution >= 4 is 28.8 Å². The van der Waals surface area contributed by atoms with Gasteiger partial charge in [0.2, 0.25) is 0 Å². The molecule has 1 aromatic rings. The van der Waals surface area contributed by atoms with E-state index in [-0.39, 0.29) is 5.91 Å². The molecule has 1 aliphatic rings. The first-order valence-corrected chi connectivity index (χ1v) is 6.77. The summed E-state index contributed by atoms with van der Waals surface area (Å²) in [5, 5.41) is 8.68. The summed E-state index contributed by atoms with van der Waals surface area (Å²) < 4.78 is 0. The van der Waals surface area contributed by atoms with E-state index in [2.05, 4.69) is 10.6 Å². The zero-order valence-electron chi connectivity index (χ0n) is 8.96. The number of piperidine rings is 1. The lowest BCUT2D eigenvalue weighted by molar-refractivity contribution is 0.0952. The highest BCUT2D eigenvalue weighted by molar-refractivity contribution is 7.12. The van der Waals surface area contributed by atoms with E-state index in [1.54, 1.807) is 6.07 Å². The van der Waals surface area contributed by atoms with Gasteiger partial charge in [-0.2, -0.15) is 0 Å². The van der Waals surface area contributed by atoms with Crippen LogP contribution in [0.4, 0.5) is 0 Å². The van der Waals surface area contributed by atoms with Gasteiger partial charge in [0.1, 0.15) is 4.88 Å². The summed E-state index contributed by atoms with van der Waals surface area (Å²) in [5.74, 6) is -0.0626. The highest BCUT2D eigenvalue weighted by Crippen LogP contribution is 2.21. The molecule has 3 nitrogen and oxygen atoms in total. The Hall–Kier alpha value is -0.580. The molecule has 1 amide bonds. The lowest BCUT2D eigenvalue weighted by atomic mass is 10.1. The van der Waals surface area contributed by atoms with E-state index in [1.165, 1.54) is 24.2 Å². The molecule has 2 N–H and O–H groups in total. The molecule has 0 radical (unpaired) electrons. The van der Waals surface area contributed by atoms with Gasteiger partial charge >= 0.3 is 0 Å². The van der Waals surface area contributed by atoms with Crippen LogP contribution in [-0.2, 0) is 0 Å². The van der Waals surface area contributed by atoms with E-state index in [9.17, 15) is 4.79 Å². The average Bonchev–Trinajstić information content (AvgIpc) is 2.74. The zero-order valence-corrected chi connectivity index (χ0v) is 10.5. The second kappa shape index (κ2) is 5.66. The quantitative estimate of drug-likeness (QED) is 0.873. The molecule has 88 valence electrons. The van der Waals surface area contributed by atoms with E-state index >= 15 is 0 Å². The smallest absolute Gasteiger partial charge is 0.262 e. The van der Waals surface area contributed by atoms with Crippen LogP contribution in [0.15, 0.2) is 11.4 Å². The summed E-state index contributed by atoms with van der Waals surface area (Å²) in [6.07, 6.45) is 3.62. The van der Waals surface area contributed by atoms with Crippen LogP contribution < -0.4 is 10.6 Å². The fraction of sp³-hybridized carbons (Fsp3) is 0.545. The Kier molecular flexibility index (Phi) is 4.21. The van der Waals surface area contributed by atoms with Gasteiger partial charge in [-0.25, -0.2) is 0 Å². The molecule has 1 aliphatic heterocycles. The molecule has 0 aromatic carbocycles. The predicted molar refractivity (Wildman–Crippen MR) is 67.3 cm³/mol. The van der Waals surface area contributed by atoms with Crippen molar-refractivity contribution in [3.05, 3.63) is 21.3 Å². The Bertz CT molecular complexity index is 361. The maximum Gasteiger partial charge on any atom is 0.262 e. The van der Waals surface area contributed by atoms with E-state index in [1.807, 2.05) is 5.38 Å². The van der Waals surface area contributed by atoms with Crippen LogP contribution in [-0.4, -0.2) is 25.0 Å². The molecule has 1 aromatic heterocycles. The molecule has 0 aliphatic carbocycles. The van der Waals surface area contributed by atoms with Gasteiger partial charge in [-0.05, 0) is 30.8 Å². The first-order valence-electron chi connectivity index (χ1n) is 5.52. The largest absolute Gasteiger partial charge is 0.350 e. The van der Waals surface area contributed by atoms with Crippen LogP contribution in [0.2, 0.25) is 5.02 Å². The monoisotopic (exact) mass is 258 g/mol. The second-order valence-electron chi connectivity index (χ2n) is 3.95. The van der Waals surface area contributed by atoms with Crippen molar-refractivity contribution in [2.75, 3.05) is 13.1 Å².